The average molecular weight is 487 g/mol. The fourth-order valence-electron chi connectivity index (χ4n) is 3.20. The van der Waals surface area contributed by atoms with E-state index in [-0.39, 0.29) is 18.3 Å². The number of thiophene rings is 1. The van der Waals surface area contributed by atoms with Crippen LogP contribution >= 0.6 is 22.9 Å². The lowest BCUT2D eigenvalue weighted by Crippen LogP contribution is -2.16. The van der Waals surface area contributed by atoms with Crippen LogP contribution in [0.2, 0.25) is 5.02 Å². The number of nitrogens with one attached hydrogen (secondary N) is 2. The number of hydrogen-bond donors (Lipinski definition) is 2. The Morgan fingerprint density at radius 3 is 2.61 bits per heavy atom. The lowest BCUT2D eigenvalue weighted by Gasteiger charge is -2.12. The van der Waals surface area contributed by atoms with Gasteiger partial charge < -0.3 is 24.5 Å². The molecule has 0 spiro atoms. The molecular weight excluding hydrogens is 468 g/mol. The van der Waals surface area contributed by atoms with Gasteiger partial charge in [0.1, 0.15) is 11.4 Å². The van der Waals surface area contributed by atoms with E-state index in [9.17, 15) is 9.59 Å². The quantitative estimate of drug-likeness (QED) is 0.381. The third-order valence-corrected chi connectivity index (χ3v) is 6.12. The summed E-state index contributed by atoms with van der Waals surface area (Å²) in [5.74, 6) is 0.113. The molecule has 11 heteroatoms. The zero-order valence-electron chi connectivity index (χ0n) is 17.9. The topological polar surface area (TPSA) is 116 Å². The molecule has 0 fully saturated rings. The second kappa shape index (κ2) is 9.57. The molecule has 1 aromatic carbocycles. The number of fused-ring (bicyclic) bond motifs is 1. The fraction of sp³-hybridized carbons (Fsp3) is 0.182. The zero-order chi connectivity index (χ0) is 23.5. The van der Waals surface area contributed by atoms with Gasteiger partial charge in [0.2, 0.25) is 5.88 Å². The number of hydrogen-bond acceptors (Lipinski definition) is 8. The first kappa shape index (κ1) is 22.7. The summed E-state index contributed by atoms with van der Waals surface area (Å²) in [6.07, 6.45) is 1.40. The number of ether oxygens (including phenoxy) is 2. The number of carbonyl (C=O) groups excluding carboxylic acids is 2. The molecule has 0 bridgehead atoms. The normalized spacial score (nSPS) is 10.9. The first-order valence-corrected chi connectivity index (χ1v) is 10.9. The predicted octanol–water partition coefficient (Wildman–Crippen LogP) is 4.91. The Kier molecular flexibility index (Phi) is 6.59. The summed E-state index contributed by atoms with van der Waals surface area (Å²) in [4.78, 5) is 35.5. The van der Waals surface area contributed by atoms with Gasteiger partial charge in [-0.2, -0.15) is 4.98 Å². The van der Waals surface area contributed by atoms with Gasteiger partial charge in [-0.25, -0.2) is 4.98 Å². The number of benzene rings is 1. The number of aryl methyl sites for hydroxylation is 1. The Balaban J connectivity index is 1.66. The third kappa shape index (κ3) is 4.68. The van der Waals surface area contributed by atoms with Gasteiger partial charge in [0, 0.05) is 12.1 Å². The maximum absolute atomic E-state index is 13.2. The molecular formula is C22H19ClN4O5S. The van der Waals surface area contributed by atoms with Crippen LogP contribution in [0.1, 0.15) is 31.6 Å². The molecule has 0 aliphatic carbocycles. The summed E-state index contributed by atoms with van der Waals surface area (Å²) in [5.41, 5.74) is 1.39. The van der Waals surface area contributed by atoms with E-state index in [0.29, 0.717) is 48.8 Å². The number of aromatic nitrogens is 2. The maximum Gasteiger partial charge on any atom is 0.291 e. The van der Waals surface area contributed by atoms with Crippen LogP contribution in [-0.2, 0) is 11.3 Å². The van der Waals surface area contributed by atoms with Crippen LogP contribution in [0.5, 0.6) is 5.88 Å². The minimum atomic E-state index is -0.471. The summed E-state index contributed by atoms with van der Waals surface area (Å²) in [7, 11) is 3.06. The fourth-order valence-corrected chi connectivity index (χ4v) is 4.46. The van der Waals surface area contributed by atoms with E-state index in [0.717, 1.165) is 0 Å². The van der Waals surface area contributed by atoms with Crippen LogP contribution in [0.3, 0.4) is 0 Å². The van der Waals surface area contributed by atoms with Crippen molar-refractivity contribution in [2.45, 2.75) is 13.5 Å². The second-order valence-electron chi connectivity index (χ2n) is 6.89. The zero-order valence-corrected chi connectivity index (χ0v) is 19.5. The SMILES string of the molecule is COCc1nc(OC)c2c(C)c(C(=O)Nc3ccc(Cl)cc3NC(=O)c3ccco3)sc2n1. The molecule has 33 heavy (non-hydrogen) atoms. The highest BCUT2D eigenvalue weighted by atomic mass is 35.5. The van der Waals surface area contributed by atoms with Crippen molar-refractivity contribution in [1.82, 2.24) is 9.97 Å². The van der Waals surface area contributed by atoms with Crippen LogP contribution < -0.4 is 15.4 Å². The van der Waals surface area contributed by atoms with Crippen LogP contribution in [0, 0.1) is 6.92 Å². The van der Waals surface area contributed by atoms with Crippen molar-refractivity contribution < 1.29 is 23.5 Å². The van der Waals surface area contributed by atoms with E-state index in [1.807, 2.05) is 0 Å². The number of halogens is 1. The van der Waals surface area contributed by atoms with Gasteiger partial charge in [0.25, 0.3) is 11.8 Å². The van der Waals surface area contributed by atoms with Gasteiger partial charge in [-0.15, -0.1) is 11.3 Å². The van der Waals surface area contributed by atoms with Crippen molar-refractivity contribution in [3.8, 4) is 5.88 Å². The molecule has 4 aromatic rings. The Morgan fingerprint density at radius 2 is 1.91 bits per heavy atom. The van der Waals surface area contributed by atoms with E-state index < -0.39 is 5.91 Å². The van der Waals surface area contributed by atoms with E-state index in [2.05, 4.69) is 20.6 Å². The summed E-state index contributed by atoms with van der Waals surface area (Å²) < 4.78 is 15.7. The number of carbonyl (C=O) groups is 2. The number of rotatable bonds is 7. The molecule has 3 aromatic heterocycles. The Morgan fingerprint density at radius 1 is 1.12 bits per heavy atom. The summed E-state index contributed by atoms with van der Waals surface area (Å²) in [6, 6.07) is 7.90. The highest BCUT2D eigenvalue weighted by Gasteiger charge is 2.22. The van der Waals surface area contributed by atoms with Gasteiger partial charge >= 0.3 is 0 Å². The Hall–Kier alpha value is -3.47. The minimum Gasteiger partial charge on any atom is -0.480 e. The average Bonchev–Trinajstić information content (AvgIpc) is 3.44. The number of nitrogens with zero attached hydrogens (tertiary/aromatic N) is 2. The molecule has 0 aliphatic rings. The largest absolute Gasteiger partial charge is 0.480 e. The molecule has 170 valence electrons. The first-order chi connectivity index (χ1) is 15.9. The Labute approximate surface area is 197 Å². The smallest absolute Gasteiger partial charge is 0.291 e. The molecule has 2 N–H and O–H groups in total. The highest BCUT2D eigenvalue weighted by Crippen LogP contribution is 2.36. The van der Waals surface area contributed by atoms with Crippen molar-refractivity contribution in [3.63, 3.8) is 0 Å². The van der Waals surface area contributed by atoms with Crippen LogP contribution in [0.4, 0.5) is 11.4 Å². The number of anilines is 2. The van der Waals surface area contributed by atoms with Crippen molar-refractivity contribution in [1.29, 1.82) is 0 Å². The molecule has 3 heterocycles. The number of amides is 2. The highest BCUT2D eigenvalue weighted by molar-refractivity contribution is 7.20. The lowest BCUT2D eigenvalue weighted by atomic mass is 10.2. The van der Waals surface area contributed by atoms with E-state index in [1.165, 1.54) is 30.8 Å². The summed E-state index contributed by atoms with van der Waals surface area (Å²) >= 11 is 7.32. The Bertz CT molecular complexity index is 1340. The standard InChI is InChI=1S/C22H19ClN4O5S/c1-11-17-21(31-3)26-16(10-30-2)27-22(17)33-18(11)20(29)24-13-7-6-12(23)9-14(13)25-19(28)15-5-4-8-32-15/h4-9H,10H2,1-3H3,(H,24,29)(H,25,28). The van der Waals surface area contributed by atoms with E-state index >= 15 is 0 Å². The molecule has 0 saturated heterocycles. The summed E-state index contributed by atoms with van der Waals surface area (Å²) in [6.45, 7) is 2.02. The first-order valence-electron chi connectivity index (χ1n) is 9.70. The van der Waals surface area contributed by atoms with Gasteiger partial charge in [-0.3, -0.25) is 9.59 Å². The molecule has 0 unspecified atom stereocenters. The van der Waals surface area contributed by atoms with Gasteiger partial charge in [0.05, 0.1) is 35.0 Å². The van der Waals surface area contributed by atoms with Crippen molar-refractivity contribution in [2.75, 3.05) is 24.9 Å². The summed E-state index contributed by atoms with van der Waals surface area (Å²) in [5, 5.41) is 6.60. The number of furan rings is 1. The molecule has 2 amide bonds. The predicted molar refractivity (Wildman–Crippen MR) is 125 cm³/mol. The molecule has 0 saturated carbocycles. The van der Waals surface area contributed by atoms with Crippen molar-refractivity contribution in [3.05, 3.63) is 63.6 Å². The van der Waals surface area contributed by atoms with Gasteiger partial charge in [-0.1, -0.05) is 11.6 Å². The van der Waals surface area contributed by atoms with Crippen LogP contribution in [0.25, 0.3) is 10.2 Å². The molecule has 0 radical (unpaired) electrons. The maximum atomic E-state index is 13.2. The lowest BCUT2D eigenvalue weighted by molar-refractivity contribution is 0.0993. The van der Waals surface area contributed by atoms with Crippen molar-refractivity contribution in [2.24, 2.45) is 0 Å². The molecule has 0 atom stereocenters. The number of methoxy groups -OCH3 is 2. The minimum absolute atomic E-state index is 0.130. The van der Waals surface area contributed by atoms with Gasteiger partial charge in [-0.05, 0) is 42.8 Å². The third-order valence-electron chi connectivity index (χ3n) is 4.70. The van der Waals surface area contributed by atoms with E-state index in [4.69, 9.17) is 25.5 Å². The monoisotopic (exact) mass is 486 g/mol. The van der Waals surface area contributed by atoms with Gasteiger partial charge in [0.15, 0.2) is 11.6 Å². The van der Waals surface area contributed by atoms with Crippen LogP contribution in [-0.4, -0.2) is 36.0 Å². The molecule has 0 aliphatic heterocycles. The van der Waals surface area contributed by atoms with Crippen LogP contribution in [0.15, 0.2) is 41.0 Å². The second-order valence-corrected chi connectivity index (χ2v) is 8.33. The van der Waals surface area contributed by atoms with Crippen molar-refractivity contribution >= 4 is 56.3 Å². The van der Waals surface area contributed by atoms with E-state index in [1.54, 1.807) is 38.3 Å². The molecule has 4 rings (SSSR count). The molecule has 9 nitrogen and oxygen atoms in total.